The number of urea groups is 1. The number of carbonyl (C=O) groups is 2. The highest BCUT2D eigenvalue weighted by molar-refractivity contribution is 7.14. The van der Waals surface area contributed by atoms with Gasteiger partial charge >= 0.3 is 6.03 Å². The fraction of sp³-hybridized carbons (Fsp3) is 0.353. The Bertz CT molecular complexity index is 694. The van der Waals surface area contributed by atoms with Gasteiger partial charge in [-0.2, -0.15) is 0 Å². The highest BCUT2D eigenvalue weighted by atomic mass is 32.1. The van der Waals surface area contributed by atoms with E-state index >= 15 is 0 Å². The number of hydrogen-bond donors (Lipinski definition) is 2. The molecule has 7 heteroatoms. The Kier molecular flexibility index (Phi) is 5.43. The number of nitrogens with zero attached hydrogens (tertiary/aromatic N) is 2. The number of likely N-dealkylation sites (tertiary alicyclic amines) is 1. The summed E-state index contributed by atoms with van der Waals surface area (Å²) in [5.41, 5.74) is 1.10. The maximum absolute atomic E-state index is 12.5. The van der Waals surface area contributed by atoms with Crippen molar-refractivity contribution in [2.45, 2.75) is 25.7 Å². The van der Waals surface area contributed by atoms with Crippen LogP contribution in [0, 0.1) is 0 Å². The Balaban J connectivity index is 1.58. The molecule has 0 aliphatic carbocycles. The molecular formula is C17H20N4O2S. The van der Waals surface area contributed by atoms with Gasteiger partial charge in [-0.05, 0) is 25.0 Å². The summed E-state index contributed by atoms with van der Waals surface area (Å²) in [6.07, 6.45) is 4.43. The van der Waals surface area contributed by atoms with Crippen molar-refractivity contribution in [3.63, 3.8) is 0 Å². The summed E-state index contributed by atoms with van der Waals surface area (Å²) in [5, 5.41) is 7.51. The van der Waals surface area contributed by atoms with Crippen LogP contribution < -0.4 is 10.6 Å². The van der Waals surface area contributed by atoms with E-state index in [0.29, 0.717) is 16.5 Å². The van der Waals surface area contributed by atoms with Crippen LogP contribution in [0.1, 0.15) is 36.2 Å². The summed E-state index contributed by atoms with van der Waals surface area (Å²) in [6, 6.07) is 8.80. The third-order valence-electron chi connectivity index (χ3n) is 3.87. The van der Waals surface area contributed by atoms with Gasteiger partial charge in [-0.15, -0.1) is 11.3 Å². The Hall–Kier alpha value is -2.41. The first-order chi connectivity index (χ1) is 11.7. The molecule has 0 atom stereocenters. The van der Waals surface area contributed by atoms with E-state index < -0.39 is 0 Å². The number of para-hydroxylation sites is 1. The monoisotopic (exact) mass is 344 g/mol. The van der Waals surface area contributed by atoms with Gasteiger partial charge in [0.1, 0.15) is 5.69 Å². The van der Waals surface area contributed by atoms with E-state index in [-0.39, 0.29) is 11.9 Å². The third kappa shape index (κ3) is 4.32. The molecule has 2 aromatic rings. The molecule has 2 N–H and O–H groups in total. The SMILES string of the molecule is O=C(Nc1ccccc1)Nc1nc(C(=O)N2CCCCCC2)cs1. The van der Waals surface area contributed by atoms with Crippen LogP contribution in [-0.4, -0.2) is 34.9 Å². The molecule has 6 nitrogen and oxygen atoms in total. The van der Waals surface area contributed by atoms with Crippen LogP contribution in [-0.2, 0) is 0 Å². The fourth-order valence-electron chi connectivity index (χ4n) is 2.65. The van der Waals surface area contributed by atoms with Gasteiger partial charge in [-0.1, -0.05) is 31.0 Å². The molecule has 1 aliphatic heterocycles. The summed E-state index contributed by atoms with van der Waals surface area (Å²) in [7, 11) is 0. The van der Waals surface area contributed by atoms with Crippen LogP contribution in [0.3, 0.4) is 0 Å². The second-order valence-electron chi connectivity index (χ2n) is 5.69. The summed E-state index contributed by atoms with van der Waals surface area (Å²) in [4.78, 5) is 30.6. The van der Waals surface area contributed by atoms with Crippen LogP contribution in [0.25, 0.3) is 0 Å². The number of aromatic nitrogens is 1. The smallest absolute Gasteiger partial charge is 0.325 e. The lowest BCUT2D eigenvalue weighted by Crippen LogP contribution is -2.32. The largest absolute Gasteiger partial charge is 0.337 e. The predicted molar refractivity (Wildman–Crippen MR) is 95.6 cm³/mol. The number of benzene rings is 1. The molecule has 1 aromatic carbocycles. The second-order valence-corrected chi connectivity index (χ2v) is 6.55. The van der Waals surface area contributed by atoms with Crippen molar-refractivity contribution in [3.05, 3.63) is 41.4 Å². The summed E-state index contributed by atoms with van der Waals surface area (Å²) >= 11 is 1.26. The molecule has 0 unspecified atom stereocenters. The number of carbonyl (C=O) groups excluding carboxylic acids is 2. The van der Waals surface area contributed by atoms with Crippen LogP contribution in [0.5, 0.6) is 0 Å². The van der Waals surface area contributed by atoms with E-state index in [1.165, 1.54) is 24.2 Å². The van der Waals surface area contributed by atoms with E-state index in [2.05, 4.69) is 15.6 Å². The van der Waals surface area contributed by atoms with Crippen LogP contribution in [0.4, 0.5) is 15.6 Å². The highest BCUT2D eigenvalue weighted by Gasteiger charge is 2.20. The minimum atomic E-state index is -0.371. The molecule has 1 fully saturated rings. The van der Waals surface area contributed by atoms with Gasteiger partial charge in [-0.25, -0.2) is 9.78 Å². The third-order valence-corrected chi connectivity index (χ3v) is 4.63. The number of anilines is 2. The number of thiazole rings is 1. The molecule has 3 amide bonds. The van der Waals surface area contributed by atoms with Crippen molar-refractivity contribution in [2.75, 3.05) is 23.7 Å². The average Bonchev–Trinajstić information content (AvgIpc) is 2.88. The van der Waals surface area contributed by atoms with E-state index in [0.717, 1.165) is 25.9 Å². The fourth-order valence-corrected chi connectivity index (χ4v) is 3.33. The number of rotatable bonds is 3. The zero-order chi connectivity index (χ0) is 16.8. The van der Waals surface area contributed by atoms with Crippen LogP contribution in [0.15, 0.2) is 35.7 Å². The second kappa shape index (κ2) is 7.92. The first-order valence-corrected chi connectivity index (χ1v) is 8.98. The lowest BCUT2D eigenvalue weighted by atomic mass is 10.2. The molecule has 2 heterocycles. The normalized spacial score (nSPS) is 14.8. The molecule has 0 bridgehead atoms. The summed E-state index contributed by atoms with van der Waals surface area (Å²) in [6.45, 7) is 1.57. The van der Waals surface area contributed by atoms with Crippen molar-refractivity contribution in [1.82, 2.24) is 9.88 Å². The Morgan fingerprint density at radius 3 is 2.42 bits per heavy atom. The first kappa shape index (κ1) is 16.4. The van der Waals surface area contributed by atoms with E-state index in [1.54, 1.807) is 17.5 Å². The maximum atomic E-state index is 12.5. The minimum absolute atomic E-state index is 0.0512. The topological polar surface area (TPSA) is 74.3 Å². The minimum Gasteiger partial charge on any atom is -0.337 e. The summed E-state index contributed by atoms with van der Waals surface area (Å²) in [5.74, 6) is -0.0512. The number of amides is 3. The lowest BCUT2D eigenvalue weighted by Gasteiger charge is -2.18. The quantitative estimate of drug-likeness (QED) is 0.889. The van der Waals surface area contributed by atoms with Gasteiger partial charge in [0.25, 0.3) is 5.91 Å². The number of hydrogen-bond acceptors (Lipinski definition) is 4. The summed E-state index contributed by atoms with van der Waals surface area (Å²) < 4.78 is 0. The first-order valence-electron chi connectivity index (χ1n) is 8.10. The van der Waals surface area contributed by atoms with Crippen molar-refractivity contribution >= 4 is 34.1 Å². The molecule has 3 rings (SSSR count). The molecule has 0 saturated carbocycles. The van der Waals surface area contributed by atoms with Gasteiger partial charge < -0.3 is 10.2 Å². The number of nitrogens with one attached hydrogen (secondary N) is 2. The van der Waals surface area contributed by atoms with Crippen molar-refractivity contribution in [1.29, 1.82) is 0 Å². The van der Waals surface area contributed by atoms with Crippen LogP contribution >= 0.6 is 11.3 Å². The molecule has 0 spiro atoms. The van der Waals surface area contributed by atoms with Crippen molar-refractivity contribution in [2.24, 2.45) is 0 Å². The van der Waals surface area contributed by atoms with Gasteiger partial charge in [0.05, 0.1) is 0 Å². The molecule has 126 valence electrons. The van der Waals surface area contributed by atoms with Crippen molar-refractivity contribution in [3.8, 4) is 0 Å². The molecule has 1 aliphatic rings. The van der Waals surface area contributed by atoms with Gasteiger partial charge in [0.15, 0.2) is 5.13 Å². The van der Waals surface area contributed by atoms with Gasteiger partial charge in [0, 0.05) is 24.2 Å². The van der Waals surface area contributed by atoms with Gasteiger partial charge in [0.2, 0.25) is 0 Å². The van der Waals surface area contributed by atoms with E-state index in [4.69, 9.17) is 0 Å². The van der Waals surface area contributed by atoms with E-state index in [9.17, 15) is 9.59 Å². The maximum Gasteiger partial charge on any atom is 0.325 e. The molecule has 1 aromatic heterocycles. The molecular weight excluding hydrogens is 324 g/mol. The highest BCUT2D eigenvalue weighted by Crippen LogP contribution is 2.19. The Labute approximate surface area is 144 Å². The lowest BCUT2D eigenvalue weighted by molar-refractivity contribution is 0.0756. The molecule has 1 saturated heterocycles. The Morgan fingerprint density at radius 1 is 1.00 bits per heavy atom. The van der Waals surface area contributed by atoms with E-state index in [1.807, 2.05) is 23.1 Å². The predicted octanol–water partition coefficient (Wildman–Crippen LogP) is 3.80. The zero-order valence-electron chi connectivity index (χ0n) is 13.3. The zero-order valence-corrected chi connectivity index (χ0v) is 14.1. The van der Waals surface area contributed by atoms with Crippen LogP contribution in [0.2, 0.25) is 0 Å². The standard InChI is InChI=1S/C17H20N4O2S/c22-15(21-10-6-1-2-7-11-21)14-12-24-17(19-14)20-16(23)18-13-8-4-3-5-9-13/h3-5,8-9,12H,1-2,6-7,10-11H2,(H2,18,19,20,23). The molecule has 24 heavy (non-hydrogen) atoms. The van der Waals surface area contributed by atoms with Crippen molar-refractivity contribution < 1.29 is 9.59 Å². The average molecular weight is 344 g/mol. The van der Waals surface area contributed by atoms with Gasteiger partial charge in [-0.3, -0.25) is 10.1 Å². The Morgan fingerprint density at radius 2 is 1.71 bits per heavy atom. The molecule has 0 radical (unpaired) electrons.